The van der Waals surface area contributed by atoms with Crippen molar-refractivity contribution in [3.05, 3.63) is 60.7 Å². The molecule has 2 saturated carbocycles. The first-order valence-corrected chi connectivity index (χ1v) is 14.4. The first-order chi connectivity index (χ1) is 18.8. The summed E-state index contributed by atoms with van der Waals surface area (Å²) >= 11 is 0. The van der Waals surface area contributed by atoms with Crippen molar-refractivity contribution >= 4 is 33.4 Å². The van der Waals surface area contributed by atoms with E-state index in [0.29, 0.717) is 12.1 Å². The zero-order chi connectivity index (χ0) is 25.3. The van der Waals surface area contributed by atoms with Crippen LogP contribution in [-0.2, 0) is 0 Å². The third-order valence-corrected chi connectivity index (χ3v) is 8.35. The minimum absolute atomic E-state index is 0.579. The summed E-state index contributed by atoms with van der Waals surface area (Å²) in [7, 11) is 0. The van der Waals surface area contributed by atoms with Crippen molar-refractivity contribution < 1.29 is 0 Å². The van der Waals surface area contributed by atoms with E-state index in [1.165, 1.54) is 75.6 Å². The highest BCUT2D eigenvalue weighted by Gasteiger charge is 2.17. The predicted molar refractivity (Wildman–Crippen MR) is 158 cm³/mol. The van der Waals surface area contributed by atoms with Gasteiger partial charge >= 0.3 is 0 Å². The van der Waals surface area contributed by atoms with Crippen molar-refractivity contribution in [3.63, 3.8) is 0 Å². The fourth-order valence-corrected chi connectivity index (χ4v) is 6.32. The van der Waals surface area contributed by atoms with Gasteiger partial charge in [0.25, 0.3) is 0 Å². The van der Waals surface area contributed by atoms with E-state index in [2.05, 4.69) is 81.3 Å². The number of nitrogens with one attached hydrogen (secondary N) is 4. The molecule has 38 heavy (non-hydrogen) atoms. The van der Waals surface area contributed by atoms with E-state index in [4.69, 9.17) is 9.97 Å². The van der Waals surface area contributed by atoms with E-state index < -0.39 is 0 Å². The molecule has 2 aliphatic carbocycles. The van der Waals surface area contributed by atoms with Crippen molar-refractivity contribution in [3.8, 4) is 22.8 Å². The van der Waals surface area contributed by atoms with E-state index in [1.54, 1.807) is 0 Å². The van der Waals surface area contributed by atoms with Gasteiger partial charge in [-0.3, -0.25) is 0 Å². The normalized spacial score (nSPS) is 17.3. The molecule has 194 valence electrons. The van der Waals surface area contributed by atoms with Gasteiger partial charge in [0.05, 0.1) is 22.1 Å². The minimum atomic E-state index is 0.579. The van der Waals surface area contributed by atoms with E-state index in [0.717, 1.165) is 44.8 Å². The van der Waals surface area contributed by atoms with Gasteiger partial charge in [0, 0.05) is 34.6 Å². The number of nitrogens with zero attached hydrogens (tertiary/aromatic N) is 2. The minimum Gasteiger partial charge on any atom is -0.382 e. The largest absolute Gasteiger partial charge is 0.382 e. The van der Waals surface area contributed by atoms with Crippen molar-refractivity contribution in [2.75, 3.05) is 10.6 Å². The highest BCUT2D eigenvalue weighted by atomic mass is 15.0. The summed E-state index contributed by atoms with van der Waals surface area (Å²) in [6.07, 6.45) is 13.1. The van der Waals surface area contributed by atoms with Crippen LogP contribution in [0, 0.1) is 0 Å². The van der Waals surface area contributed by atoms with Crippen LogP contribution in [0.15, 0.2) is 60.7 Å². The number of fused-ring (bicyclic) bond motifs is 2. The Morgan fingerprint density at radius 3 is 1.45 bits per heavy atom. The number of aromatic amines is 2. The fraction of sp³-hybridized carbons (Fsp3) is 0.375. The molecule has 6 nitrogen and oxygen atoms in total. The van der Waals surface area contributed by atoms with Crippen LogP contribution in [0.25, 0.3) is 44.8 Å². The van der Waals surface area contributed by atoms with Crippen LogP contribution >= 0.6 is 0 Å². The lowest BCUT2D eigenvalue weighted by molar-refractivity contribution is 0.463. The SMILES string of the molecule is c1ccc(-c2nc3ccc(NC4CCCCC4)cc3[nH]2)c(-c2nc3ccc(NC4CCCCC4)cc3[nH]2)c1. The molecule has 0 unspecified atom stereocenters. The third kappa shape index (κ3) is 4.75. The Labute approximate surface area is 223 Å². The third-order valence-electron chi connectivity index (χ3n) is 8.35. The lowest BCUT2D eigenvalue weighted by Gasteiger charge is -2.23. The number of benzene rings is 3. The van der Waals surface area contributed by atoms with Crippen LogP contribution in [-0.4, -0.2) is 32.0 Å². The van der Waals surface area contributed by atoms with Crippen LogP contribution in [0.2, 0.25) is 0 Å². The molecule has 7 rings (SSSR count). The molecule has 0 radical (unpaired) electrons. The van der Waals surface area contributed by atoms with Crippen LogP contribution in [0.3, 0.4) is 0 Å². The highest BCUT2D eigenvalue weighted by Crippen LogP contribution is 2.33. The summed E-state index contributed by atoms with van der Waals surface area (Å²) in [5.41, 5.74) is 8.50. The molecule has 3 aromatic carbocycles. The summed E-state index contributed by atoms with van der Waals surface area (Å²) in [5.74, 6) is 1.73. The first kappa shape index (κ1) is 23.3. The standard InChI is InChI=1S/C32H36N6/c1-3-9-21(10-4-1)33-23-15-17-27-29(19-23)37-31(35-27)25-13-7-8-14-26(25)32-36-28-18-16-24(20-30(28)38-32)34-22-11-5-2-6-12-22/h7-8,13-22,33-34H,1-6,9-12H2,(H,35,37)(H,36,38). The van der Waals surface area contributed by atoms with E-state index in [1.807, 2.05) is 0 Å². The van der Waals surface area contributed by atoms with E-state index in [9.17, 15) is 0 Å². The molecule has 0 saturated heterocycles. The lowest BCUT2D eigenvalue weighted by atomic mass is 9.95. The maximum atomic E-state index is 4.96. The number of anilines is 2. The highest BCUT2D eigenvalue weighted by molar-refractivity contribution is 5.89. The Hall–Kier alpha value is -3.80. The zero-order valence-electron chi connectivity index (χ0n) is 21.9. The van der Waals surface area contributed by atoms with Gasteiger partial charge in [-0.15, -0.1) is 0 Å². The Morgan fingerprint density at radius 2 is 1.00 bits per heavy atom. The molecule has 0 spiro atoms. The molecule has 2 aromatic heterocycles. The molecule has 2 heterocycles. The zero-order valence-corrected chi connectivity index (χ0v) is 21.9. The Bertz CT molecular complexity index is 1430. The van der Waals surface area contributed by atoms with Gasteiger partial charge in [-0.2, -0.15) is 0 Å². The van der Waals surface area contributed by atoms with Crippen LogP contribution in [0.1, 0.15) is 64.2 Å². The number of aromatic nitrogens is 4. The van der Waals surface area contributed by atoms with E-state index >= 15 is 0 Å². The van der Waals surface area contributed by atoms with Gasteiger partial charge in [0.15, 0.2) is 0 Å². The predicted octanol–water partition coefficient (Wildman–Crippen LogP) is 8.26. The number of rotatable bonds is 6. The van der Waals surface area contributed by atoms with Gasteiger partial charge in [0.2, 0.25) is 0 Å². The second-order valence-electron chi connectivity index (χ2n) is 11.1. The number of hydrogen-bond acceptors (Lipinski definition) is 4. The van der Waals surface area contributed by atoms with Gasteiger partial charge < -0.3 is 20.6 Å². The van der Waals surface area contributed by atoms with Crippen LogP contribution < -0.4 is 10.6 Å². The molecule has 2 aliphatic rings. The maximum absolute atomic E-state index is 4.96. The Kier molecular flexibility index (Phi) is 6.24. The number of hydrogen-bond donors (Lipinski definition) is 4. The van der Waals surface area contributed by atoms with Gasteiger partial charge in [0.1, 0.15) is 11.6 Å². The van der Waals surface area contributed by atoms with Gasteiger partial charge in [-0.05, 0) is 62.1 Å². The smallest absolute Gasteiger partial charge is 0.139 e. The second kappa shape index (κ2) is 10.2. The van der Waals surface area contributed by atoms with E-state index in [-0.39, 0.29) is 0 Å². The summed E-state index contributed by atoms with van der Waals surface area (Å²) in [6.45, 7) is 0. The quantitative estimate of drug-likeness (QED) is 0.188. The monoisotopic (exact) mass is 504 g/mol. The number of imidazole rings is 2. The second-order valence-corrected chi connectivity index (χ2v) is 11.1. The Morgan fingerprint density at radius 1 is 0.553 bits per heavy atom. The summed E-state index contributed by atoms with van der Waals surface area (Å²) in [5, 5.41) is 7.47. The van der Waals surface area contributed by atoms with Crippen LogP contribution in [0.4, 0.5) is 11.4 Å². The summed E-state index contributed by atoms with van der Waals surface area (Å²) < 4.78 is 0. The maximum Gasteiger partial charge on any atom is 0.139 e. The van der Waals surface area contributed by atoms with Crippen molar-refractivity contribution in [2.24, 2.45) is 0 Å². The molecular formula is C32H36N6. The number of H-pyrrole nitrogens is 2. The lowest BCUT2D eigenvalue weighted by Crippen LogP contribution is -2.22. The topological polar surface area (TPSA) is 81.4 Å². The van der Waals surface area contributed by atoms with Crippen molar-refractivity contribution in [2.45, 2.75) is 76.3 Å². The fourth-order valence-electron chi connectivity index (χ4n) is 6.32. The van der Waals surface area contributed by atoms with Crippen molar-refractivity contribution in [1.29, 1.82) is 0 Å². The summed E-state index contributed by atoms with van der Waals surface area (Å²) in [6, 6.07) is 22.5. The average Bonchev–Trinajstić information content (AvgIpc) is 3.58. The molecule has 5 aromatic rings. The summed E-state index contributed by atoms with van der Waals surface area (Å²) in [4.78, 5) is 17.1. The van der Waals surface area contributed by atoms with Gasteiger partial charge in [-0.25, -0.2) is 9.97 Å². The molecule has 0 amide bonds. The van der Waals surface area contributed by atoms with Crippen LogP contribution in [0.5, 0.6) is 0 Å². The molecule has 0 bridgehead atoms. The van der Waals surface area contributed by atoms with Gasteiger partial charge in [-0.1, -0.05) is 62.8 Å². The van der Waals surface area contributed by atoms with Crippen molar-refractivity contribution in [1.82, 2.24) is 19.9 Å². The average molecular weight is 505 g/mol. The Balaban J connectivity index is 1.17. The molecule has 0 atom stereocenters. The molecule has 4 N–H and O–H groups in total. The molecule has 6 heteroatoms. The molecule has 2 fully saturated rings. The first-order valence-electron chi connectivity index (χ1n) is 14.4. The molecular weight excluding hydrogens is 468 g/mol. The molecule has 0 aliphatic heterocycles.